The van der Waals surface area contributed by atoms with Gasteiger partial charge in [-0.15, -0.1) is 0 Å². The van der Waals surface area contributed by atoms with Crippen molar-refractivity contribution >= 4 is 5.91 Å². The number of benzene rings is 1. The molecule has 3 rings (SSSR count). The van der Waals surface area contributed by atoms with Crippen LogP contribution in [0.5, 0.6) is 0 Å². The summed E-state index contributed by atoms with van der Waals surface area (Å²) in [5.74, 6) is 1.07. The minimum atomic E-state index is -0.0842. The SMILES string of the molecule is CCCN(Cc1ccccc1)C(=O)[C@H]1CCCn2ccnc21. The maximum atomic E-state index is 13.0. The maximum absolute atomic E-state index is 13.0. The molecule has 0 N–H and O–H groups in total. The topological polar surface area (TPSA) is 38.1 Å². The van der Waals surface area contributed by atoms with Crippen molar-refractivity contribution in [2.45, 2.75) is 45.2 Å². The van der Waals surface area contributed by atoms with Crippen LogP contribution in [0.15, 0.2) is 42.7 Å². The van der Waals surface area contributed by atoms with Gasteiger partial charge in [0.05, 0.1) is 5.92 Å². The molecular weight excluding hydrogens is 274 g/mol. The van der Waals surface area contributed by atoms with Gasteiger partial charge in [0.2, 0.25) is 5.91 Å². The third kappa shape index (κ3) is 3.06. The van der Waals surface area contributed by atoms with E-state index >= 15 is 0 Å². The number of carbonyl (C=O) groups is 1. The van der Waals surface area contributed by atoms with Crippen LogP contribution in [-0.4, -0.2) is 26.9 Å². The van der Waals surface area contributed by atoms with E-state index in [1.807, 2.05) is 35.5 Å². The Morgan fingerprint density at radius 3 is 2.95 bits per heavy atom. The molecule has 1 aliphatic heterocycles. The maximum Gasteiger partial charge on any atom is 0.233 e. The quantitative estimate of drug-likeness (QED) is 0.850. The van der Waals surface area contributed by atoms with Crippen LogP contribution in [0, 0.1) is 0 Å². The van der Waals surface area contributed by atoms with Crippen LogP contribution in [0.25, 0.3) is 0 Å². The first kappa shape index (κ1) is 14.8. The molecule has 116 valence electrons. The average Bonchev–Trinajstić information content (AvgIpc) is 3.03. The van der Waals surface area contributed by atoms with Gasteiger partial charge in [-0.2, -0.15) is 0 Å². The predicted octanol–water partition coefficient (Wildman–Crippen LogP) is 3.20. The lowest BCUT2D eigenvalue weighted by Crippen LogP contribution is -2.37. The Balaban J connectivity index is 1.79. The number of hydrogen-bond donors (Lipinski definition) is 0. The number of carbonyl (C=O) groups excluding carboxylic acids is 1. The van der Waals surface area contributed by atoms with E-state index < -0.39 is 0 Å². The van der Waals surface area contributed by atoms with Crippen molar-refractivity contribution in [1.82, 2.24) is 14.5 Å². The molecule has 22 heavy (non-hydrogen) atoms. The highest BCUT2D eigenvalue weighted by Crippen LogP contribution is 2.28. The van der Waals surface area contributed by atoms with Gasteiger partial charge >= 0.3 is 0 Å². The molecule has 0 unspecified atom stereocenters. The Kier molecular flexibility index (Phi) is 4.56. The lowest BCUT2D eigenvalue weighted by molar-refractivity contribution is -0.134. The second-order valence-electron chi connectivity index (χ2n) is 5.92. The number of aryl methyl sites for hydroxylation is 1. The zero-order valence-electron chi connectivity index (χ0n) is 13.1. The predicted molar refractivity (Wildman–Crippen MR) is 86.4 cm³/mol. The highest BCUT2D eigenvalue weighted by Gasteiger charge is 2.31. The van der Waals surface area contributed by atoms with E-state index in [-0.39, 0.29) is 11.8 Å². The van der Waals surface area contributed by atoms with Crippen LogP contribution in [-0.2, 0) is 17.9 Å². The first-order valence-electron chi connectivity index (χ1n) is 8.13. The molecule has 0 saturated carbocycles. The molecule has 1 aromatic heterocycles. The lowest BCUT2D eigenvalue weighted by Gasteiger charge is -2.29. The first-order valence-corrected chi connectivity index (χ1v) is 8.13. The monoisotopic (exact) mass is 297 g/mol. The fraction of sp³-hybridized carbons (Fsp3) is 0.444. The molecular formula is C18H23N3O. The van der Waals surface area contributed by atoms with Crippen molar-refractivity contribution in [2.24, 2.45) is 0 Å². The summed E-state index contributed by atoms with van der Waals surface area (Å²) in [6.07, 6.45) is 6.72. The van der Waals surface area contributed by atoms with Crippen molar-refractivity contribution < 1.29 is 4.79 Å². The van der Waals surface area contributed by atoms with Crippen LogP contribution in [0.1, 0.15) is 43.5 Å². The minimum absolute atomic E-state index is 0.0842. The molecule has 0 radical (unpaired) electrons. The number of nitrogens with zero attached hydrogens (tertiary/aromatic N) is 3. The zero-order chi connectivity index (χ0) is 15.4. The van der Waals surface area contributed by atoms with E-state index in [2.05, 4.69) is 28.6 Å². The molecule has 1 aromatic carbocycles. The second-order valence-corrected chi connectivity index (χ2v) is 5.92. The molecule has 1 amide bonds. The Bertz CT molecular complexity index is 620. The van der Waals surface area contributed by atoms with Crippen LogP contribution in [0.2, 0.25) is 0 Å². The summed E-state index contributed by atoms with van der Waals surface area (Å²) in [6, 6.07) is 10.2. The Labute approximate surface area is 131 Å². The van der Waals surface area contributed by atoms with Gasteiger partial charge in [-0.05, 0) is 24.8 Å². The molecule has 2 aromatic rings. The normalized spacial score (nSPS) is 17.0. The van der Waals surface area contributed by atoms with Gasteiger partial charge in [0, 0.05) is 32.0 Å². The molecule has 0 aliphatic carbocycles. The minimum Gasteiger partial charge on any atom is -0.338 e. The fourth-order valence-electron chi connectivity index (χ4n) is 3.21. The Morgan fingerprint density at radius 1 is 1.36 bits per heavy atom. The van der Waals surface area contributed by atoms with Gasteiger partial charge in [-0.1, -0.05) is 37.3 Å². The van der Waals surface area contributed by atoms with E-state index in [4.69, 9.17) is 0 Å². The van der Waals surface area contributed by atoms with Crippen LogP contribution < -0.4 is 0 Å². The summed E-state index contributed by atoms with van der Waals surface area (Å²) >= 11 is 0. The highest BCUT2D eigenvalue weighted by molar-refractivity contribution is 5.83. The van der Waals surface area contributed by atoms with Crippen LogP contribution in [0.3, 0.4) is 0 Å². The molecule has 1 atom stereocenters. The van der Waals surface area contributed by atoms with Crippen LogP contribution in [0.4, 0.5) is 0 Å². The van der Waals surface area contributed by atoms with Crippen molar-refractivity contribution in [2.75, 3.05) is 6.54 Å². The lowest BCUT2D eigenvalue weighted by atomic mass is 9.97. The van der Waals surface area contributed by atoms with E-state index in [1.54, 1.807) is 0 Å². The molecule has 0 spiro atoms. The van der Waals surface area contributed by atoms with E-state index in [9.17, 15) is 4.79 Å². The molecule has 0 saturated heterocycles. The summed E-state index contributed by atoms with van der Waals surface area (Å²) in [5, 5.41) is 0. The third-order valence-corrected chi connectivity index (χ3v) is 4.27. The average molecular weight is 297 g/mol. The molecule has 1 aliphatic rings. The molecule has 4 nitrogen and oxygen atoms in total. The third-order valence-electron chi connectivity index (χ3n) is 4.27. The van der Waals surface area contributed by atoms with Crippen molar-refractivity contribution in [3.63, 3.8) is 0 Å². The summed E-state index contributed by atoms with van der Waals surface area (Å²) in [6.45, 7) is 4.58. The summed E-state index contributed by atoms with van der Waals surface area (Å²) in [4.78, 5) is 19.4. The zero-order valence-corrected chi connectivity index (χ0v) is 13.1. The van der Waals surface area contributed by atoms with Gasteiger partial charge in [0.15, 0.2) is 0 Å². The molecule has 0 bridgehead atoms. The molecule has 0 fully saturated rings. The molecule has 2 heterocycles. The van der Waals surface area contributed by atoms with Gasteiger partial charge < -0.3 is 9.47 Å². The highest BCUT2D eigenvalue weighted by atomic mass is 16.2. The van der Waals surface area contributed by atoms with Crippen molar-refractivity contribution in [1.29, 1.82) is 0 Å². The first-order chi connectivity index (χ1) is 10.8. The number of imidazole rings is 1. The summed E-state index contributed by atoms with van der Waals surface area (Å²) < 4.78 is 2.12. The largest absolute Gasteiger partial charge is 0.338 e. The van der Waals surface area contributed by atoms with E-state index in [1.165, 1.54) is 5.56 Å². The summed E-state index contributed by atoms with van der Waals surface area (Å²) in [5.41, 5.74) is 1.18. The Morgan fingerprint density at radius 2 is 2.18 bits per heavy atom. The molecule has 4 heteroatoms. The smallest absolute Gasteiger partial charge is 0.233 e. The van der Waals surface area contributed by atoms with Crippen LogP contribution >= 0.6 is 0 Å². The summed E-state index contributed by atoms with van der Waals surface area (Å²) in [7, 11) is 0. The second kappa shape index (κ2) is 6.77. The fourth-order valence-corrected chi connectivity index (χ4v) is 3.21. The van der Waals surface area contributed by atoms with Crippen molar-refractivity contribution in [3.05, 3.63) is 54.1 Å². The number of aromatic nitrogens is 2. The van der Waals surface area contributed by atoms with Gasteiger partial charge in [0.25, 0.3) is 0 Å². The Hall–Kier alpha value is -2.10. The number of rotatable bonds is 5. The number of fused-ring (bicyclic) bond motifs is 1. The van der Waals surface area contributed by atoms with E-state index in [0.717, 1.165) is 38.2 Å². The van der Waals surface area contributed by atoms with Gasteiger partial charge in [0.1, 0.15) is 5.82 Å². The number of amides is 1. The number of hydrogen-bond acceptors (Lipinski definition) is 2. The van der Waals surface area contributed by atoms with Gasteiger partial charge in [-0.3, -0.25) is 4.79 Å². The van der Waals surface area contributed by atoms with Gasteiger partial charge in [-0.25, -0.2) is 4.98 Å². The van der Waals surface area contributed by atoms with E-state index in [0.29, 0.717) is 6.54 Å². The van der Waals surface area contributed by atoms with Crippen molar-refractivity contribution in [3.8, 4) is 0 Å². The standard InChI is InChI=1S/C18H23N3O/c1-2-11-21(14-15-7-4-3-5-8-15)18(22)16-9-6-12-20-13-10-19-17(16)20/h3-5,7-8,10,13,16H,2,6,9,11-12,14H2,1H3/t16-/m0/s1.